The largest absolute Gasteiger partial charge is 0.309 e. The Morgan fingerprint density at radius 2 is 0.529 bits per heavy atom. The van der Waals surface area contributed by atoms with Crippen LogP contribution in [0.2, 0.25) is 0 Å². The fraction of sp³-hybridized carbons (Fsp3) is 0. The number of aromatic nitrogens is 2. The zero-order valence-corrected chi connectivity index (χ0v) is 37.1. The van der Waals surface area contributed by atoms with Crippen LogP contribution in [0.1, 0.15) is 0 Å². The second kappa shape index (κ2) is 15.3. The lowest BCUT2D eigenvalue weighted by molar-refractivity contribution is 1.18. The number of rotatable bonds is 6. The lowest BCUT2D eigenvalue weighted by atomic mass is 9.95. The number of hydrogen-bond acceptors (Lipinski definition) is 0. The van der Waals surface area contributed by atoms with Crippen molar-refractivity contribution in [1.29, 1.82) is 0 Å². The molecule has 2 aromatic heterocycles. The smallest absolute Gasteiger partial charge is 0.0541 e. The number of benzene rings is 12. The highest BCUT2D eigenvalue weighted by Crippen LogP contribution is 2.40. The summed E-state index contributed by atoms with van der Waals surface area (Å²) >= 11 is 0. The molecule has 0 fully saturated rings. The molecule has 0 amide bonds. The van der Waals surface area contributed by atoms with Crippen LogP contribution in [-0.4, -0.2) is 9.13 Å². The predicted molar refractivity (Wildman–Crippen MR) is 289 cm³/mol. The first-order valence-electron chi connectivity index (χ1n) is 23.5. The molecule has 0 spiro atoms. The molecule has 316 valence electrons. The van der Waals surface area contributed by atoms with Crippen LogP contribution in [0.5, 0.6) is 0 Å². The normalized spacial score (nSPS) is 11.8. The molecule has 68 heavy (non-hydrogen) atoms. The SMILES string of the molecule is c1ccc(-c2ccc(-c3ccc(-n4c5ccccc5c5cc(-c6ccc7c(c6)c6ccccc6n7-c6ccc(-c7ccc8c(ccc9c%10ccccc%10ccc89)c7)cc6)ccc54)cc3)cc2)cc1. The summed E-state index contributed by atoms with van der Waals surface area (Å²) in [4.78, 5) is 0. The predicted octanol–water partition coefficient (Wildman–Crippen LogP) is 18.0. The zero-order valence-electron chi connectivity index (χ0n) is 37.1. The summed E-state index contributed by atoms with van der Waals surface area (Å²) in [6, 6.07) is 93.7. The molecule has 0 saturated heterocycles. The van der Waals surface area contributed by atoms with Crippen molar-refractivity contribution >= 4 is 75.9 Å². The first kappa shape index (κ1) is 38.3. The van der Waals surface area contributed by atoms with Gasteiger partial charge >= 0.3 is 0 Å². The number of fused-ring (bicyclic) bond motifs is 11. The van der Waals surface area contributed by atoms with E-state index in [1.165, 1.54) is 120 Å². The van der Waals surface area contributed by atoms with E-state index < -0.39 is 0 Å². The van der Waals surface area contributed by atoms with Gasteiger partial charge in [-0.05, 0) is 144 Å². The summed E-state index contributed by atoms with van der Waals surface area (Å²) in [6.45, 7) is 0. The van der Waals surface area contributed by atoms with Gasteiger partial charge in [0.2, 0.25) is 0 Å². The number of hydrogen-bond donors (Lipinski definition) is 0. The summed E-state index contributed by atoms with van der Waals surface area (Å²) in [5.41, 5.74) is 16.8. The third-order valence-corrected chi connectivity index (χ3v) is 14.3. The average molecular weight is 863 g/mol. The van der Waals surface area contributed by atoms with E-state index in [1.54, 1.807) is 0 Å². The summed E-state index contributed by atoms with van der Waals surface area (Å²) in [5, 5.41) is 12.7. The van der Waals surface area contributed by atoms with Gasteiger partial charge in [0.25, 0.3) is 0 Å². The van der Waals surface area contributed by atoms with Crippen LogP contribution < -0.4 is 0 Å². The molecule has 0 radical (unpaired) electrons. The summed E-state index contributed by atoms with van der Waals surface area (Å²) in [5.74, 6) is 0. The Labute approximate surface area is 393 Å². The Hall–Kier alpha value is -8.98. The van der Waals surface area contributed by atoms with Gasteiger partial charge in [0.1, 0.15) is 0 Å². The highest BCUT2D eigenvalue weighted by Gasteiger charge is 2.17. The van der Waals surface area contributed by atoms with Crippen LogP contribution in [0.25, 0.3) is 132 Å². The van der Waals surface area contributed by atoms with E-state index >= 15 is 0 Å². The van der Waals surface area contributed by atoms with Gasteiger partial charge in [-0.1, -0.05) is 188 Å². The molecule has 12 aromatic carbocycles. The minimum absolute atomic E-state index is 1.15. The second-order valence-electron chi connectivity index (χ2n) is 18.1. The average Bonchev–Trinajstić information content (AvgIpc) is 3.93. The van der Waals surface area contributed by atoms with Gasteiger partial charge in [-0.2, -0.15) is 0 Å². The molecule has 14 aromatic rings. The monoisotopic (exact) mass is 862 g/mol. The van der Waals surface area contributed by atoms with E-state index in [9.17, 15) is 0 Å². The van der Waals surface area contributed by atoms with Crippen LogP contribution in [0.4, 0.5) is 0 Å². The molecule has 0 N–H and O–H groups in total. The van der Waals surface area contributed by atoms with Crippen LogP contribution in [0, 0.1) is 0 Å². The fourth-order valence-corrected chi connectivity index (χ4v) is 11.0. The van der Waals surface area contributed by atoms with E-state index in [2.05, 4.69) is 264 Å². The standard InChI is InChI=1S/C66H42N2/c1-2-10-43(11-3-1)44-18-20-45(21-19-44)46-22-31-53(32-23-46)67-63-16-8-6-14-59(63)61-41-50(29-38-65(61)67)51-30-39-66-62(42-51)60-15-7-9-17-64(60)68(66)54-33-24-47(25-34-54)49-27-35-56-52(40-49)28-37-57-55-13-5-4-12-48(55)26-36-58(56)57/h1-42H. The van der Waals surface area contributed by atoms with Crippen molar-refractivity contribution in [3.63, 3.8) is 0 Å². The molecular formula is C66H42N2. The minimum Gasteiger partial charge on any atom is -0.309 e. The van der Waals surface area contributed by atoms with Crippen LogP contribution in [-0.2, 0) is 0 Å². The van der Waals surface area contributed by atoms with Gasteiger partial charge in [-0.25, -0.2) is 0 Å². The van der Waals surface area contributed by atoms with Crippen molar-refractivity contribution in [3.8, 4) is 55.9 Å². The minimum atomic E-state index is 1.15. The lowest BCUT2D eigenvalue weighted by Gasteiger charge is -2.12. The zero-order chi connectivity index (χ0) is 44.7. The molecule has 14 rings (SSSR count). The second-order valence-corrected chi connectivity index (χ2v) is 18.1. The molecule has 0 aliphatic rings. The van der Waals surface area contributed by atoms with Crippen molar-refractivity contribution in [2.24, 2.45) is 0 Å². The maximum Gasteiger partial charge on any atom is 0.0541 e. The highest BCUT2D eigenvalue weighted by atomic mass is 15.0. The van der Waals surface area contributed by atoms with Gasteiger partial charge < -0.3 is 9.13 Å². The van der Waals surface area contributed by atoms with Crippen LogP contribution in [0.3, 0.4) is 0 Å². The Balaban J connectivity index is 0.795. The molecule has 0 unspecified atom stereocenters. The molecule has 2 heterocycles. The van der Waals surface area contributed by atoms with Gasteiger partial charge in [0.15, 0.2) is 0 Å². The molecular weight excluding hydrogens is 821 g/mol. The maximum absolute atomic E-state index is 2.41. The van der Waals surface area contributed by atoms with Crippen molar-refractivity contribution < 1.29 is 0 Å². The molecule has 0 saturated carbocycles. The van der Waals surface area contributed by atoms with Crippen molar-refractivity contribution in [2.75, 3.05) is 0 Å². The third kappa shape index (κ3) is 6.12. The first-order chi connectivity index (χ1) is 33.7. The first-order valence-corrected chi connectivity index (χ1v) is 23.5. The van der Waals surface area contributed by atoms with Crippen LogP contribution >= 0.6 is 0 Å². The quantitative estimate of drug-likeness (QED) is 0.147. The summed E-state index contributed by atoms with van der Waals surface area (Å²) in [6.07, 6.45) is 0. The molecule has 0 atom stereocenters. The molecule has 0 aliphatic heterocycles. The molecule has 0 aliphatic carbocycles. The van der Waals surface area contributed by atoms with E-state index in [1.807, 2.05) is 0 Å². The van der Waals surface area contributed by atoms with E-state index in [4.69, 9.17) is 0 Å². The Morgan fingerprint density at radius 3 is 1.09 bits per heavy atom. The van der Waals surface area contributed by atoms with Crippen LogP contribution in [0.15, 0.2) is 255 Å². The van der Waals surface area contributed by atoms with Crippen molar-refractivity contribution in [1.82, 2.24) is 9.13 Å². The van der Waals surface area contributed by atoms with Gasteiger partial charge in [0.05, 0.1) is 22.1 Å². The Kier molecular flexibility index (Phi) is 8.62. The lowest BCUT2D eigenvalue weighted by Crippen LogP contribution is -1.94. The third-order valence-electron chi connectivity index (χ3n) is 14.3. The van der Waals surface area contributed by atoms with Gasteiger partial charge in [-0.3, -0.25) is 0 Å². The van der Waals surface area contributed by atoms with Gasteiger partial charge in [-0.15, -0.1) is 0 Å². The number of nitrogens with zero attached hydrogens (tertiary/aromatic N) is 2. The highest BCUT2D eigenvalue weighted by molar-refractivity contribution is 6.18. The molecule has 2 heteroatoms. The topological polar surface area (TPSA) is 9.86 Å². The Morgan fingerprint density at radius 1 is 0.176 bits per heavy atom. The summed E-state index contributed by atoms with van der Waals surface area (Å²) < 4.78 is 4.82. The maximum atomic E-state index is 2.41. The Bertz CT molecular complexity index is 4270. The van der Waals surface area contributed by atoms with E-state index in [0.29, 0.717) is 0 Å². The number of para-hydroxylation sites is 2. The fourth-order valence-electron chi connectivity index (χ4n) is 11.0. The van der Waals surface area contributed by atoms with Crippen molar-refractivity contribution in [3.05, 3.63) is 255 Å². The van der Waals surface area contributed by atoms with E-state index in [-0.39, 0.29) is 0 Å². The molecule has 2 nitrogen and oxygen atoms in total. The molecule has 0 bridgehead atoms. The van der Waals surface area contributed by atoms with Crippen molar-refractivity contribution in [2.45, 2.75) is 0 Å². The van der Waals surface area contributed by atoms with Gasteiger partial charge in [0, 0.05) is 32.9 Å². The summed E-state index contributed by atoms with van der Waals surface area (Å²) in [7, 11) is 0. The van der Waals surface area contributed by atoms with E-state index in [0.717, 1.165) is 11.4 Å².